The fourth-order valence-electron chi connectivity index (χ4n) is 3.84. The lowest BCUT2D eigenvalue weighted by Gasteiger charge is -2.24. The molecule has 3 aromatic carbocycles. The van der Waals surface area contributed by atoms with Gasteiger partial charge in [-0.3, -0.25) is 14.5 Å². The van der Waals surface area contributed by atoms with Gasteiger partial charge in [-0.2, -0.15) is 0 Å². The predicted octanol–water partition coefficient (Wildman–Crippen LogP) is 4.50. The summed E-state index contributed by atoms with van der Waals surface area (Å²) in [5.74, 6) is -0.813. The van der Waals surface area contributed by atoms with E-state index >= 15 is 0 Å². The van der Waals surface area contributed by atoms with Gasteiger partial charge in [-0.15, -0.1) is 0 Å². The Morgan fingerprint density at radius 3 is 2.06 bits per heavy atom. The van der Waals surface area contributed by atoms with Crippen molar-refractivity contribution in [1.29, 1.82) is 0 Å². The molecule has 1 aliphatic rings. The second kappa shape index (κ2) is 10.6. The molecule has 9 heteroatoms. The van der Waals surface area contributed by atoms with Gasteiger partial charge in [0.05, 0.1) is 20.1 Å². The van der Waals surface area contributed by atoms with Crippen LogP contribution in [0.3, 0.4) is 0 Å². The summed E-state index contributed by atoms with van der Waals surface area (Å²) in [4.78, 5) is 29.3. The van der Waals surface area contributed by atoms with Crippen LogP contribution in [-0.4, -0.2) is 39.9 Å². The molecule has 0 saturated carbocycles. The first kappa shape index (κ1) is 24.3. The molecule has 1 aliphatic heterocycles. The van der Waals surface area contributed by atoms with Gasteiger partial charge in [0.25, 0.3) is 5.91 Å². The fraction of sp³-hybridized carbons (Fsp3) is 0.192. The molecule has 0 aliphatic carbocycles. The van der Waals surface area contributed by atoms with Crippen LogP contribution in [0.15, 0.2) is 72.8 Å². The number of amides is 2. The fourth-order valence-corrected chi connectivity index (χ4v) is 4.18. The molecule has 0 bridgehead atoms. The Hall–Kier alpha value is -3.85. The number of rotatable bonds is 8. The van der Waals surface area contributed by atoms with Gasteiger partial charge in [-0.05, 0) is 71.9 Å². The molecule has 2 amide bonds. The first-order chi connectivity index (χ1) is 16.8. The van der Waals surface area contributed by atoms with Crippen molar-refractivity contribution < 1.29 is 23.1 Å². The normalized spacial score (nSPS) is 15.5. The Kier molecular flexibility index (Phi) is 7.36. The number of thiocarbonyl (C=S) groups is 1. The maximum atomic E-state index is 13.4. The van der Waals surface area contributed by atoms with Crippen LogP contribution < -0.4 is 10.1 Å². The van der Waals surface area contributed by atoms with Crippen molar-refractivity contribution in [3.63, 3.8) is 0 Å². The molecule has 35 heavy (non-hydrogen) atoms. The van der Waals surface area contributed by atoms with E-state index < -0.39 is 17.8 Å². The maximum Gasteiger partial charge on any atom is 0.252 e. The molecule has 0 aromatic heterocycles. The minimum absolute atomic E-state index is 0.146. The second-order valence-electron chi connectivity index (χ2n) is 8.08. The van der Waals surface area contributed by atoms with Crippen molar-refractivity contribution in [2.45, 2.75) is 25.6 Å². The summed E-state index contributed by atoms with van der Waals surface area (Å²) in [6.45, 7) is 0.468. The van der Waals surface area contributed by atoms with E-state index in [-0.39, 0.29) is 29.8 Å². The van der Waals surface area contributed by atoms with Gasteiger partial charge in [0, 0.05) is 12.2 Å². The molecule has 1 atom stereocenters. The summed E-state index contributed by atoms with van der Waals surface area (Å²) in [7, 11) is 1.58. The van der Waals surface area contributed by atoms with Gasteiger partial charge in [0.15, 0.2) is 5.11 Å². The van der Waals surface area contributed by atoms with Gasteiger partial charge in [-0.25, -0.2) is 8.78 Å². The minimum atomic E-state index is -0.828. The third-order valence-corrected chi connectivity index (χ3v) is 6.13. The van der Waals surface area contributed by atoms with E-state index in [1.165, 1.54) is 41.3 Å². The zero-order valence-corrected chi connectivity index (χ0v) is 19.7. The molecule has 1 N–H and O–H groups in total. The average Bonchev–Trinajstić information content (AvgIpc) is 3.06. The van der Waals surface area contributed by atoms with Gasteiger partial charge >= 0.3 is 0 Å². The van der Waals surface area contributed by atoms with Crippen LogP contribution in [0, 0.1) is 11.6 Å². The molecule has 0 radical (unpaired) electrons. The van der Waals surface area contributed by atoms with E-state index in [0.29, 0.717) is 23.5 Å². The highest BCUT2D eigenvalue weighted by molar-refractivity contribution is 7.80. The van der Waals surface area contributed by atoms with E-state index in [0.717, 1.165) is 5.56 Å². The van der Waals surface area contributed by atoms with Crippen molar-refractivity contribution in [3.05, 3.63) is 95.6 Å². The number of halogens is 2. The molecule has 1 unspecified atom stereocenters. The number of nitrogens with zero attached hydrogens (tertiary/aromatic N) is 2. The molecule has 180 valence electrons. The first-order valence-electron chi connectivity index (χ1n) is 10.9. The minimum Gasteiger partial charge on any atom is -0.497 e. The third-order valence-electron chi connectivity index (χ3n) is 5.68. The molecule has 0 spiro atoms. The first-order valence-corrected chi connectivity index (χ1v) is 11.3. The maximum absolute atomic E-state index is 13.4. The van der Waals surface area contributed by atoms with E-state index in [9.17, 15) is 18.4 Å². The number of hydrogen-bond acceptors (Lipinski definition) is 4. The van der Waals surface area contributed by atoms with Gasteiger partial charge in [0.1, 0.15) is 23.4 Å². The number of nitrogens with one attached hydrogen (secondary N) is 1. The summed E-state index contributed by atoms with van der Waals surface area (Å²) in [6.07, 6.45) is -0.146. The van der Waals surface area contributed by atoms with Crippen LogP contribution in [0.4, 0.5) is 14.5 Å². The van der Waals surface area contributed by atoms with Crippen LogP contribution in [0.5, 0.6) is 5.75 Å². The Bertz CT molecular complexity index is 1220. The summed E-state index contributed by atoms with van der Waals surface area (Å²) in [6, 6.07) is 17.7. The van der Waals surface area contributed by atoms with Gasteiger partial charge < -0.3 is 15.0 Å². The molecule has 3 aromatic rings. The van der Waals surface area contributed by atoms with Gasteiger partial charge in [0.2, 0.25) is 5.91 Å². The summed E-state index contributed by atoms with van der Waals surface area (Å²) >= 11 is 5.64. The zero-order valence-electron chi connectivity index (χ0n) is 18.9. The largest absolute Gasteiger partial charge is 0.497 e. The quantitative estimate of drug-likeness (QED) is 0.467. The molecule has 6 nitrogen and oxygen atoms in total. The molecule has 4 rings (SSSR count). The SMILES string of the molecule is COc1ccc(CN2C(=S)N(Cc3ccc(F)cc3)C(=O)C2CC(=O)Nc2ccc(F)cc2)cc1. The molecular weight excluding hydrogens is 472 g/mol. The van der Waals surface area contributed by atoms with Crippen molar-refractivity contribution in [2.24, 2.45) is 0 Å². The van der Waals surface area contributed by atoms with Crippen LogP contribution in [0.2, 0.25) is 0 Å². The number of hydrogen-bond donors (Lipinski definition) is 1. The van der Waals surface area contributed by atoms with Crippen molar-refractivity contribution in [1.82, 2.24) is 9.80 Å². The number of ether oxygens (including phenoxy) is 1. The topological polar surface area (TPSA) is 61.9 Å². The highest BCUT2D eigenvalue weighted by Crippen LogP contribution is 2.26. The number of carbonyl (C=O) groups is 2. The van der Waals surface area contributed by atoms with Crippen LogP contribution in [0.25, 0.3) is 0 Å². The summed E-state index contributed by atoms with van der Waals surface area (Å²) < 4.78 is 31.7. The standard InChI is InChI=1S/C26H23F2N3O3S/c1-34-22-12-4-18(5-13-22)15-30-23(14-24(32)29-21-10-8-20(28)9-11-21)25(33)31(26(30)35)16-17-2-6-19(27)7-3-17/h2-13,23H,14-16H2,1H3,(H,29,32). The molecule has 1 fully saturated rings. The highest BCUT2D eigenvalue weighted by atomic mass is 32.1. The van der Waals surface area contributed by atoms with Crippen LogP contribution >= 0.6 is 12.2 Å². The van der Waals surface area contributed by atoms with E-state index in [1.807, 2.05) is 24.3 Å². The molecular formula is C26H23F2N3O3S. The lowest BCUT2D eigenvalue weighted by atomic mass is 10.1. The van der Waals surface area contributed by atoms with Gasteiger partial charge in [-0.1, -0.05) is 24.3 Å². The van der Waals surface area contributed by atoms with Crippen molar-refractivity contribution in [3.8, 4) is 5.75 Å². The monoisotopic (exact) mass is 495 g/mol. The molecule has 1 heterocycles. The Morgan fingerprint density at radius 2 is 1.46 bits per heavy atom. The Balaban J connectivity index is 1.55. The lowest BCUT2D eigenvalue weighted by molar-refractivity contribution is -0.131. The van der Waals surface area contributed by atoms with Crippen molar-refractivity contribution in [2.75, 3.05) is 12.4 Å². The number of benzene rings is 3. The third kappa shape index (κ3) is 5.81. The predicted molar refractivity (Wildman–Crippen MR) is 132 cm³/mol. The van der Waals surface area contributed by atoms with Crippen LogP contribution in [-0.2, 0) is 22.7 Å². The Labute approximate surface area is 207 Å². The van der Waals surface area contributed by atoms with E-state index in [1.54, 1.807) is 24.1 Å². The van der Waals surface area contributed by atoms with E-state index in [2.05, 4.69) is 5.32 Å². The number of methoxy groups -OCH3 is 1. The average molecular weight is 496 g/mol. The second-order valence-corrected chi connectivity index (χ2v) is 8.45. The lowest BCUT2D eigenvalue weighted by Crippen LogP contribution is -2.37. The van der Waals surface area contributed by atoms with Crippen molar-refractivity contribution >= 4 is 34.8 Å². The summed E-state index contributed by atoms with van der Waals surface area (Å²) in [5.41, 5.74) is 2.02. The number of carbonyl (C=O) groups excluding carboxylic acids is 2. The Morgan fingerprint density at radius 1 is 0.914 bits per heavy atom. The number of anilines is 1. The zero-order chi connectivity index (χ0) is 24.9. The highest BCUT2D eigenvalue weighted by Gasteiger charge is 2.43. The van der Waals surface area contributed by atoms with E-state index in [4.69, 9.17) is 17.0 Å². The van der Waals surface area contributed by atoms with Crippen LogP contribution in [0.1, 0.15) is 17.5 Å². The smallest absolute Gasteiger partial charge is 0.252 e. The summed E-state index contributed by atoms with van der Waals surface area (Å²) in [5, 5.41) is 2.98. The molecule has 1 saturated heterocycles.